The van der Waals surface area contributed by atoms with Crippen LogP contribution in [0.3, 0.4) is 0 Å². The van der Waals surface area contributed by atoms with Gasteiger partial charge >= 0.3 is 0 Å². The van der Waals surface area contributed by atoms with E-state index in [0.29, 0.717) is 10.7 Å². The van der Waals surface area contributed by atoms with E-state index in [-0.39, 0.29) is 16.6 Å². The van der Waals surface area contributed by atoms with Gasteiger partial charge in [-0.15, -0.1) is 0 Å². The molecular formula is C11H8ClFN4S. The van der Waals surface area contributed by atoms with Crippen molar-refractivity contribution in [3.63, 3.8) is 0 Å². The number of benzene rings is 1. The van der Waals surface area contributed by atoms with Gasteiger partial charge in [0.15, 0.2) is 0 Å². The zero-order chi connectivity index (χ0) is 13.1. The van der Waals surface area contributed by atoms with Gasteiger partial charge in [0.1, 0.15) is 16.5 Å². The molecule has 0 fully saturated rings. The molecule has 0 amide bonds. The van der Waals surface area contributed by atoms with Crippen LogP contribution < -0.4 is 11.1 Å². The number of thiocarbonyl (C=S) groups is 1. The number of anilines is 2. The van der Waals surface area contributed by atoms with Gasteiger partial charge in [0, 0.05) is 11.2 Å². The van der Waals surface area contributed by atoms with Crippen molar-refractivity contribution < 1.29 is 4.39 Å². The first-order valence-electron chi connectivity index (χ1n) is 4.91. The third-order valence-corrected chi connectivity index (χ3v) is 2.53. The summed E-state index contributed by atoms with van der Waals surface area (Å²) in [4.78, 5) is 8.14. The van der Waals surface area contributed by atoms with Gasteiger partial charge in [-0.1, -0.05) is 23.8 Å². The van der Waals surface area contributed by atoms with Gasteiger partial charge in [-0.2, -0.15) is 0 Å². The van der Waals surface area contributed by atoms with E-state index in [9.17, 15) is 4.39 Å². The molecule has 3 N–H and O–H groups in total. The summed E-state index contributed by atoms with van der Waals surface area (Å²) in [6, 6.07) is 5.83. The first-order chi connectivity index (χ1) is 8.56. The fourth-order valence-corrected chi connectivity index (χ4v) is 1.54. The molecule has 0 atom stereocenters. The number of hydrogen-bond acceptors (Lipinski definition) is 4. The Kier molecular flexibility index (Phi) is 3.69. The van der Waals surface area contributed by atoms with Gasteiger partial charge in [0.25, 0.3) is 0 Å². The number of hydrogen-bond donors (Lipinski definition) is 2. The Balaban J connectivity index is 2.28. The SMILES string of the molecule is NC(=S)c1ccnc(Nc2ccc(Cl)cc2F)n1. The van der Waals surface area contributed by atoms with Gasteiger partial charge in [-0.3, -0.25) is 0 Å². The summed E-state index contributed by atoms with van der Waals surface area (Å²) in [6.45, 7) is 0. The molecule has 0 unspecified atom stereocenters. The standard InChI is InChI=1S/C11H8ClFN4S/c12-6-1-2-8(7(13)5-6)16-11-15-4-3-9(17-11)10(14)18/h1-5H,(H2,14,18)(H,15,16,17). The zero-order valence-electron chi connectivity index (χ0n) is 9.02. The molecule has 92 valence electrons. The Morgan fingerprint density at radius 1 is 1.39 bits per heavy atom. The summed E-state index contributed by atoms with van der Waals surface area (Å²) in [6.07, 6.45) is 1.48. The van der Waals surface area contributed by atoms with Crippen molar-refractivity contribution in [3.05, 3.63) is 47.0 Å². The summed E-state index contributed by atoms with van der Waals surface area (Å²) in [5.74, 6) is -0.284. The van der Waals surface area contributed by atoms with E-state index in [1.807, 2.05) is 0 Å². The second kappa shape index (κ2) is 5.24. The van der Waals surface area contributed by atoms with Crippen molar-refractivity contribution in [2.45, 2.75) is 0 Å². The van der Waals surface area contributed by atoms with E-state index in [1.165, 1.54) is 18.3 Å². The van der Waals surface area contributed by atoms with Crippen LogP contribution in [0.2, 0.25) is 5.02 Å². The van der Waals surface area contributed by atoms with Crippen LogP contribution >= 0.6 is 23.8 Å². The summed E-state index contributed by atoms with van der Waals surface area (Å²) >= 11 is 10.5. The molecule has 1 heterocycles. The largest absolute Gasteiger partial charge is 0.388 e. The number of nitrogens with one attached hydrogen (secondary N) is 1. The van der Waals surface area contributed by atoms with Gasteiger partial charge in [0.05, 0.1) is 5.69 Å². The molecule has 0 saturated carbocycles. The Bertz CT molecular complexity index is 605. The number of halogens is 2. The molecule has 18 heavy (non-hydrogen) atoms. The monoisotopic (exact) mass is 282 g/mol. The van der Waals surface area contributed by atoms with Crippen molar-refractivity contribution >= 4 is 40.4 Å². The summed E-state index contributed by atoms with van der Waals surface area (Å²) in [7, 11) is 0. The fourth-order valence-electron chi connectivity index (χ4n) is 1.27. The molecule has 1 aromatic heterocycles. The lowest BCUT2D eigenvalue weighted by Crippen LogP contribution is -2.13. The van der Waals surface area contributed by atoms with Crippen LogP contribution in [0.1, 0.15) is 5.69 Å². The molecule has 2 rings (SSSR count). The first kappa shape index (κ1) is 12.7. The van der Waals surface area contributed by atoms with E-state index in [0.717, 1.165) is 0 Å². The Morgan fingerprint density at radius 2 is 2.17 bits per heavy atom. The first-order valence-corrected chi connectivity index (χ1v) is 5.70. The predicted octanol–water partition coefficient (Wildman–Crippen LogP) is 2.65. The average Bonchev–Trinajstić information content (AvgIpc) is 2.33. The Hall–Kier alpha value is -1.79. The normalized spacial score (nSPS) is 10.1. The van der Waals surface area contributed by atoms with E-state index >= 15 is 0 Å². The molecule has 0 aliphatic rings. The highest BCUT2D eigenvalue weighted by Crippen LogP contribution is 2.21. The van der Waals surface area contributed by atoms with Crippen LogP contribution in [-0.2, 0) is 0 Å². The van der Waals surface area contributed by atoms with E-state index in [1.54, 1.807) is 12.1 Å². The van der Waals surface area contributed by atoms with Gasteiger partial charge in [-0.25, -0.2) is 14.4 Å². The average molecular weight is 283 g/mol. The second-order valence-corrected chi connectivity index (χ2v) is 4.26. The molecule has 7 heteroatoms. The Labute approximate surface area is 113 Å². The molecule has 0 bridgehead atoms. The molecule has 0 saturated heterocycles. The molecule has 1 aromatic carbocycles. The summed E-state index contributed by atoms with van der Waals surface area (Å²) in [5.41, 5.74) is 6.08. The molecule has 4 nitrogen and oxygen atoms in total. The quantitative estimate of drug-likeness (QED) is 0.848. The number of nitrogens with zero attached hydrogens (tertiary/aromatic N) is 2. The van der Waals surface area contributed by atoms with Crippen molar-refractivity contribution in [2.24, 2.45) is 5.73 Å². The minimum absolute atomic E-state index is 0.150. The van der Waals surface area contributed by atoms with Crippen molar-refractivity contribution in [1.29, 1.82) is 0 Å². The van der Waals surface area contributed by atoms with Gasteiger partial charge < -0.3 is 11.1 Å². The van der Waals surface area contributed by atoms with Crippen LogP contribution in [-0.4, -0.2) is 15.0 Å². The highest BCUT2D eigenvalue weighted by atomic mass is 35.5. The van der Waals surface area contributed by atoms with Crippen molar-refractivity contribution in [1.82, 2.24) is 9.97 Å². The Morgan fingerprint density at radius 3 is 2.83 bits per heavy atom. The van der Waals surface area contributed by atoms with E-state index in [4.69, 9.17) is 29.6 Å². The minimum atomic E-state index is -0.494. The molecule has 0 aliphatic carbocycles. The maximum atomic E-state index is 13.5. The molecule has 0 radical (unpaired) electrons. The second-order valence-electron chi connectivity index (χ2n) is 3.38. The fraction of sp³-hybridized carbons (Fsp3) is 0. The van der Waals surface area contributed by atoms with Crippen LogP contribution in [0.5, 0.6) is 0 Å². The third kappa shape index (κ3) is 2.91. The summed E-state index contributed by atoms with van der Waals surface area (Å²) in [5, 5.41) is 3.04. The molecular weight excluding hydrogens is 275 g/mol. The van der Waals surface area contributed by atoms with Crippen LogP contribution in [0.25, 0.3) is 0 Å². The number of rotatable bonds is 3. The zero-order valence-corrected chi connectivity index (χ0v) is 10.6. The topological polar surface area (TPSA) is 63.8 Å². The maximum absolute atomic E-state index is 13.5. The molecule has 0 aliphatic heterocycles. The smallest absolute Gasteiger partial charge is 0.227 e. The molecule has 2 aromatic rings. The van der Waals surface area contributed by atoms with Crippen LogP contribution in [0.15, 0.2) is 30.5 Å². The van der Waals surface area contributed by atoms with Crippen molar-refractivity contribution in [3.8, 4) is 0 Å². The lowest BCUT2D eigenvalue weighted by atomic mass is 10.3. The highest BCUT2D eigenvalue weighted by Gasteiger charge is 2.06. The maximum Gasteiger partial charge on any atom is 0.227 e. The van der Waals surface area contributed by atoms with Crippen LogP contribution in [0.4, 0.5) is 16.0 Å². The minimum Gasteiger partial charge on any atom is -0.388 e. The number of nitrogens with two attached hydrogens (primary N) is 1. The third-order valence-electron chi connectivity index (χ3n) is 2.09. The lowest BCUT2D eigenvalue weighted by molar-refractivity contribution is 0.631. The molecule has 0 spiro atoms. The highest BCUT2D eigenvalue weighted by molar-refractivity contribution is 7.80. The van der Waals surface area contributed by atoms with Gasteiger partial charge in [0.2, 0.25) is 5.95 Å². The van der Waals surface area contributed by atoms with E-state index in [2.05, 4.69) is 15.3 Å². The lowest BCUT2D eigenvalue weighted by Gasteiger charge is -2.07. The number of aromatic nitrogens is 2. The summed E-state index contributed by atoms with van der Waals surface area (Å²) < 4.78 is 13.5. The van der Waals surface area contributed by atoms with E-state index < -0.39 is 5.82 Å². The van der Waals surface area contributed by atoms with Crippen molar-refractivity contribution in [2.75, 3.05) is 5.32 Å². The van der Waals surface area contributed by atoms with Gasteiger partial charge in [-0.05, 0) is 24.3 Å². The van der Waals surface area contributed by atoms with Crippen LogP contribution in [0, 0.1) is 5.82 Å². The predicted molar refractivity (Wildman–Crippen MR) is 72.6 cm³/mol.